The molecule has 1 unspecified atom stereocenters. The molecule has 21 heavy (non-hydrogen) atoms. The van der Waals surface area contributed by atoms with Crippen molar-refractivity contribution in [1.82, 2.24) is 10.1 Å². The average molecular weight is 328 g/mol. The number of rotatable bonds is 4. The molecule has 2 aromatic rings. The van der Waals surface area contributed by atoms with Gasteiger partial charge in [0.15, 0.2) is 15.7 Å². The molecule has 0 amide bonds. The number of anilines is 1. The predicted octanol–water partition coefficient (Wildman–Crippen LogP) is 2.24. The minimum Gasteiger partial charge on any atom is -0.376 e. The third-order valence-electron chi connectivity index (χ3n) is 3.37. The Balaban J connectivity index is 1.62. The van der Waals surface area contributed by atoms with Crippen molar-refractivity contribution in [2.45, 2.75) is 18.9 Å². The topological polar surface area (TPSA) is 85.1 Å². The van der Waals surface area contributed by atoms with Crippen LogP contribution in [0.4, 0.5) is 5.69 Å². The van der Waals surface area contributed by atoms with Crippen molar-refractivity contribution in [2.24, 2.45) is 0 Å². The molecule has 0 spiro atoms. The lowest BCUT2D eigenvalue weighted by Crippen LogP contribution is -2.05. The Kier molecular flexibility index (Phi) is 3.86. The zero-order valence-corrected chi connectivity index (χ0v) is 12.7. The Morgan fingerprint density at radius 2 is 2.10 bits per heavy atom. The van der Waals surface area contributed by atoms with E-state index in [9.17, 15) is 8.42 Å². The van der Waals surface area contributed by atoms with Gasteiger partial charge in [0.25, 0.3) is 0 Å². The zero-order valence-electron chi connectivity index (χ0n) is 11.1. The lowest BCUT2D eigenvalue weighted by Gasteiger charge is -2.02. The molecule has 1 aliphatic heterocycles. The van der Waals surface area contributed by atoms with Gasteiger partial charge >= 0.3 is 0 Å². The van der Waals surface area contributed by atoms with Gasteiger partial charge in [0.1, 0.15) is 0 Å². The molecular weight excluding hydrogens is 314 g/mol. The van der Waals surface area contributed by atoms with Crippen molar-refractivity contribution >= 4 is 27.1 Å². The molecular formula is C13H14ClN3O3S. The molecule has 1 aromatic heterocycles. The third-order valence-corrected chi connectivity index (χ3v) is 5.39. The van der Waals surface area contributed by atoms with E-state index in [-0.39, 0.29) is 17.4 Å². The summed E-state index contributed by atoms with van der Waals surface area (Å²) in [4.78, 5) is 4.26. The highest BCUT2D eigenvalue weighted by molar-refractivity contribution is 7.91. The van der Waals surface area contributed by atoms with Crippen molar-refractivity contribution in [3.05, 3.63) is 41.0 Å². The fourth-order valence-corrected chi connectivity index (χ4v) is 4.11. The van der Waals surface area contributed by atoms with Gasteiger partial charge in [0.05, 0.1) is 18.1 Å². The maximum atomic E-state index is 11.5. The van der Waals surface area contributed by atoms with E-state index >= 15 is 0 Å². The fourth-order valence-electron chi connectivity index (χ4n) is 2.25. The van der Waals surface area contributed by atoms with Gasteiger partial charge in [-0.3, -0.25) is 0 Å². The number of hydrogen-bond donors (Lipinski definition) is 1. The summed E-state index contributed by atoms with van der Waals surface area (Å²) >= 11 is 5.81. The summed E-state index contributed by atoms with van der Waals surface area (Å²) in [5.74, 6) is 1.07. The second kappa shape index (κ2) is 5.65. The van der Waals surface area contributed by atoms with Crippen molar-refractivity contribution in [1.29, 1.82) is 0 Å². The van der Waals surface area contributed by atoms with E-state index in [2.05, 4.69) is 15.5 Å². The molecule has 1 aliphatic rings. The summed E-state index contributed by atoms with van der Waals surface area (Å²) in [6.45, 7) is 0.383. The highest BCUT2D eigenvalue weighted by atomic mass is 35.5. The summed E-state index contributed by atoms with van der Waals surface area (Å²) in [6, 6.07) is 7.27. The summed E-state index contributed by atoms with van der Waals surface area (Å²) in [7, 11) is -2.94. The second-order valence-corrected chi connectivity index (χ2v) is 7.67. The Bertz CT molecular complexity index is 727. The van der Waals surface area contributed by atoms with Gasteiger partial charge in [-0.1, -0.05) is 16.8 Å². The molecule has 1 fully saturated rings. The first-order valence-corrected chi connectivity index (χ1v) is 8.74. The second-order valence-electron chi connectivity index (χ2n) is 5.01. The maximum Gasteiger partial charge on any atom is 0.245 e. The summed E-state index contributed by atoms with van der Waals surface area (Å²) in [6.07, 6.45) is 0.561. The quantitative estimate of drug-likeness (QED) is 0.927. The van der Waals surface area contributed by atoms with Gasteiger partial charge in [-0.25, -0.2) is 8.42 Å². The number of halogens is 1. The van der Waals surface area contributed by atoms with Crippen molar-refractivity contribution < 1.29 is 12.9 Å². The molecule has 1 N–H and O–H groups in total. The molecule has 3 rings (SSSR count). The minimum absolute atomic E-state index is 0.108. The van der Waals surface area contributed by atoms with Crippen LogP contribution in [0.5, 0.6) is 0 Å². The molecule has 1 aromatic carbocycles. The van der Waals surface area contributed by atoms with E-state index in [1.54, 1.807) is 12.1 Å². The van der Waals surface area contributed by atoms with Gasteiger partial charge in [0.2, 0.25) is 5.89 Å². The predicted molar refractivity (Wildman–Crippen MR) is 79.1 cm³/mol. The van der Waals surface area contributed by atoms with Crippen LogP contribution in [0, 0.1) is 0 Å². The Labute approximate surface area is 127 Å². The van der Waals surface area contributed by atoms with Crippen LogP contribution >= 0.6 is 11.6 Å². The van der Waals surface area contributed by atoms with Crippen molar-refractivity contribution in [3.63, 3.8) is 0 Å². The largest absolute Gasteiger partial charge is 0.376 e. The highest BCUT2D eigenvalue weighted by Gasteiger charge is 2.32. The van der Waals surface area contributed by atoms with Crippen LogP contribution in [0.3, 0.4) is 0 Å². The molecule has 0 saturated carbocycles. The summed E-state index contributed by atoms with van der Waals surface area (Å²) in [5, 5.41) is 7.68. The standard InChI is InChI=1S/C13H14ClN3O3S/c14-10-1-3-11(4-2-10)15-7-12-16-13(17-20-12)9-5-6-21(18,19)8-9/h1-4,9,15H,5-8H2. The molecule has 0 bridgehead atoms. The smallest absolute Gasteiger partial charge is 0.245 e. The van der Waals surface area contributed by atoms with Crippen LogP contribution in [-0.2, 0) is 16.4 Å². The molecule has 2 heterocycles. The number of sulfone groups is 1. The normalized spacial score (nSPS) is 20.5. The van der Waals surface area contributed by atoms with Crippen LogP contribution in [0.15, 0.2) is 28.8 Å². The van der Waals surface area contributed by atoms with Gasteiger partial charge in [-0.15, -0.1) is 0 Å². The SMILES string of the molecule is O=S1(=O)CCC(c2noc(CNc3ccc(Cl)cc3)n2)C1. The number of nitrogens with zero attached hydrogens (tertiary/aromatic N) is 2. The first kappa shape index (κ1) is 14.3. The number of hydrogen-bond acceptors (Lipinski definition) is 6. The molecule has 1 saturated heterocycles. The first-order valence-electron chi connectivity index (χ1n) is 6.54. The Hall–Kier alpha value is -1.60. The van der Waals surface area contributed by atoms with E-state index in [4.69, 9.17) is 16.1 Å². The minimum atomic E-state index is -2.94. The van der Waals surface area contributed by atoms with E-state index in [0.29, 0.717) is 29.7 Å². The first-order chi connectivity index (χ1) is 10.0. The number of aromatic nitrogens is 2. The van der Waals surface area contributed by atoms with E-state index in [0.717, 1.165) is 5.69 Å². The lowest BCUT2D eigenvalue weighted by molar-refractivity contribution is 0.375. The molecule has 0 aliphatic carbocycles. The zero-order chi connectivity index (χ0) is 14.9. The summed E-state index contributed by atoms with van der Waals surface area (Å²) < 4.78 is 28.0. The van der Waals surface area contributed by atoms with Gasteiger partial charge < -0.3 is 9.84 Å². The fraction of sp³-hybridized carbons (Fsp3) is 0.385. The maximum absolute atomic E-state index is 11.5. The molecule has 8 heteroatoms. The lowest BCUT2D eigenvalue weighted by atomic mass is 10.1. The Morgan fingerprint density at radius 3 is 2.76 bits per heavy atom. The average Bonchev–Trinajstić information content (AvgIpc) is 3.04. The van der Waals surface area contributed by atoms with Crippen molar-refractivity contribution in [3.8, 4) is 0 Å². The van der Waals surface area contributed by atoms with E-state index in [1.807, 2.05) is 12.1 Å². The highest BCUT2D eigenvalue weighted by Crippen LogP contribution is 2.26. The van der Waals surface area contributed by atoms with Crippen molar-refractivity contribution in [2.75, 3.05) is 16.8 Å². The van der Waals surface area contributed by atoms with Gasteiger partial charge in [-0.2, -0.15) is 4.98 Å². The van der Waals surface area contributed by atoms with Gasteiger partial charge in [0, 0.05) is 16.6 Å². The number of benzene rings is 1. The van der Waals surface area contributed by atoms with Crippen LogP contribution in [-0.4, -0.2) is 30.1 Å². The Morgan fingerprint density at radius 1 is 1.33 bits per heavy atom. The third kappa shape index (κ3) is 3.54. The van der Waals surface area contributed by atoms with Crippen LogP contribution in [0.25, 0.3) is 0 Å². The van der Waals surface area contributed by atoms with Gasteiger partial charge in [-0.05, 0) is 30.7 Å². The molecule has 0 radical (unpaired) electrons. The monoisotopic (exact) mass is 327 g/mol. The number of nitrogens with one attached hydrogen (secondary N) is 1. The van der Waals surface area contributed by atoms with Crippen LogP contribution in [0.1, 0.15) is 24.1 Å². The van der Waals surface area contributed by atoms with E-state index < -0.39 is 9.84 Å². The van der Waals surface area contributed by atoms with Crippen LogP contribution < -0.4 is 5.32 Å². The molecule has 1 atom stereocenters. The summed E-state index contributed by atoms with van der Waals surface area (Å²) in [5.41, 5.74) is 0.891. The van der Waals surface area contributed by atoms with E-state index in [1.165, 1.54) is 0 Å². The molecule has 112 valence electrons. The molecule has 6 nitrogen and oxygen atoms in total. The van der Waals surface area contributed by atoms with Crippen LogP contribution in [0.2, 0.25) is 5.02 Å².